The van der Waals surface area contributed by atoms with Crippen LogP contribution in [0.2, 0.25) is 0 Å². The van der Waals surface area contributed by atoms with Crippen molar-refractivity contribution in [1.29, 1.82) is 0 Å². The summed E-state index contributed by atoms with van der Waals surface area (Å²) in [5.41, 5.74) is 0.638. The number of hydrogen-bond acceptors (Lipinski definition) is 2. The van der Waals surface area contributed by atoms with E-state index in [2.05, 4.69) is 12.2 Å². The minimum atomic E-state index is -0.00407. The molecule has 4 heteroatoms. The molecule has 3 aliphatic carbocycles. The average molecular weight is 491 g/mol. The molecule has 0 unspecified atom stereocenters. The Labute approximate surface area is 156 Å². The summed E-state index contributed by atoms with van der Waals surface area (Å²) in [6, 6.07) is 9.44. The fraction of sp³-hybridized carbons (Fsp3) is 0.632. The van der Waals surface area contributed by atoms with Gasteiger partial charge in [0.05, 0.1) is 0 Å². The zero-order valence-corrected chi connectivity index (χ0v) is 17.4. The summed E-state index contributed by atoms with van der Waals surface area (Å²) in [5.74, 6) is 0.739. The molecule has 1 aromatic carbocycles. The topological polar surface area (TPSA) is 38.3 Å². The molecule has 0 saturated heterocycles. The number of nitrogens with one attached hydrogen (secondary N) is 1. The molecule has 0 radical (unpaired) electrons. The van der Waals surface area contributed by atoms with Gasteiger partial charge >= 0.3 is 0 Å². The minimum absolute atomic E-state index is 0. The van der Waals surface area contributed by atoms with Gasteiger partial charge in [0.2, 0.25) is 0 Å². The normalized spacial score (nSPS) is 25.1. The first-order chi connectivity index (χ1) is 10.1. The van der Waals surface area contributed by atoms with Crippen LogP contribution in [-0.4, -0.2) is 18.1 Å². The molecule has 1 amide bonds. The molecule has 4 rings (SSSR count). The molecule has 0 atom stereocenters. The standard InChI is InChI=1S/C14H17NO2.2C2H6.CH4.W/c1-13-8-14(9-13,10-13)15-12(16)7-17-11-5-3-2-4-6-11;2*1-2;;/h2-6H,7-10H2,1H3,(H,15,16);2*1-2H3;1H4;. The van der Waals surface area contributed by atoms with Gasteiger partial charge in [-0.05, 0) is 36.8 Å². The summed E-state index contributed by atoms with van der Waals surface area (Å²) in [4.78, 5) is 11.7. The average Bonchev–Trinajstić information content (AvgIpc) is 2.48. The van der Waals surface area contributed by atoms with Gasteiger partial charge in [-0.25, -0.2) is 0 Å². The number of rotatable bonds is 4. The number of ether oxygens (including phenoxy) is 1. The van der Waals surface area contributed by atoms with Gasteiger partial charge in [0.25, 0.3) is 5.91 Å². The minimum Gasteiger partial charge on any atom is -0.484 e. The first-order valence-electron chi connectivity index (χ1n) is 8.08. The van der Waals surface area contributed by atoms with E-state index in [4.69, 9.17) is 4.74 Å². The van der Waals surface area contributed by atoms with Crippen LogP contribution in [0.1, 0.15) is 61.3 Å². The van der Waals surface area contributed by atoms with E-state index in [1.807, 2.05) is 58.0 Å². The van der Waals surface area contributed by atoms with Gasteiger partial charge in [-0.1, -0.05) is 60.2 Å². The SMILES string of the molecule is C.CC.CC.CC12CC(NC(=O)COc3ccccc3)(C1)C2.[W]. The van der Waals surface area contributed by atoms with Crippen LogP contribution in [0, 0.1) is 5.41 Å². The molecular weight excluding hydrogens is 458 g/mol. The van der Waals surface area contributed by atoms with Gasteiger partial charge < -0.3 is 10.1 Å². The van der Waals surface area contributed by atoms with Crippen LogP contribution in [0.15, 0.2) is 30.3 Å². The fourth-order valence-electron chi connectivity index (χ4n) is 3.43. The summed E-state index contributed by atoms with van der Waals surface area (Å²) in [7, 11) is 0. The molecule has 0 spiro atoms. The maximum atomic E-state index is 11.7. The van der Waals surface area contributed by atoms with Crippen molar-refractivity contribution in [2.45, 2.75) is 66.8 Å². The van der Waals surface area contributed by atoms with Crippen LogP contribution in [-0.2, 0) is 25.9 Å². The zero-order valence-electron chi connectivity index (χ0n) is 14.4. The Morgan fingerprint density at radius 2 is 1.57 bits per heavy atom. The number of amides is 1. The van der Waals surface area contributed by atoms with E-state index in [-0.39, 0.29) is 46.5 Å². The van der Waals surface area contributed by atoms with E-state index >= 15 is 0 Å². The van der Waals surface area contributed by atoms with Crippen LogP contribution < -0.4 is 10.1 Å². The molecule has 3 aliphatic rings. The molecule has 0 heterocycles. The molecule has 3 nitrogen and oxygen atoms in total. The molecule has 1 N–H and O–H groups in total. The smallest absolute Gasteiger partial charge is 0.258 e. The van der Waals surface area contributed by atoms with E-state index < -0.39 is 0 Å². The monoisotopic (exact) mass is 491 g/mol. The molecule has 132 valence electrons. The third-order valence-corrected chi connectivity index (χ3v) is 3.81. The van der Waals surface area contributed by atoms with Crippen molar-refractivity contribution in [1.82, 2.24) is 5.32 Å². The summed E-state index contributed by atoms with van der Waals surface area (Å²) in [6.07, 6.45) is 3.41. The van der Waals surface area contributed by atoms with Gasteiger partial charge in [0, 0.05) is 26.6 Å². The third kappa shape index (κ3) is 6.29. The summed E-state index contributed by atoms with van der Waals surface area (Å²) in [6.45, 7) is 10.4. The van der Waals surface area contributed by atoms with Gasteiger partial charge in [-0.2, -0.15) is 0 Å². The van der Waals surface area contributed by atoms with Crippen LogP contribution in [0.3, 0.4) is 0 Å². The van der Waals surface area contributed by atoms with Crippen molar-refractivity contribution in [3.63, 3.8) is 0 Å². The Balaban J connectivity index is 0. The zero-order chi connectivity index (χ0) is 15.9. The van der Waals surface area contributed by atoms with E-state index in [1.54, 1.807) is 0 Å². The van der Waals surface area contributed by atoms with Crippen molar-refractivity contribution >= 4 is 5.91 Å². The molecule has 0 aromatic heterocycles. The van der Waals surface area contributed by atoms with Gasteiger partial charge in [0.15, 0.2) is 6.61 Å². The number of benzene rings is 1. The Bertz CT molecular complexity index is 428. The second-order valence-corrected chi connectivity index (χ2v) is 5.77. The maximum Gasteiger partial charge on any atom is 0.258 e. The largest absolute Gasteiger partial charge is 0.484 e. The Hall–Kier alpha value is -0.822. The van der Waals surface area contributed by atoms with Crippen LogP contribution in [0.4, 0.5) is 0 Å². The second-order valence-electron chi connectivity index (χ2n) is 5.77. The van der Waals surface area contributed by atoms with Crippen molar-refractivity contribution in [3.05, 3.63) is 30.3 Å². The van der Waals surface area contributed by atoms with E-state index in [0.717, 1.165) is 25.0 Å². The molecule has 3 fully saturated rings. The molecular formula is C19H33NO2W. The summed E-state index contributed by atoms with van der Waals surface area (Å²) in [5, 5.41) is 3.09. The Morgan fingerprint density at radius 3 is 2.00 bits per heavy atom. The predicted molar refractivity (Wildman–Crippen MR) is 94.2 cm³/mol. The van der Waals surface area contributed by atoms with E-state index in [0.29, 0.717) is 5.41 Å². The second kappa shape index (κ2) is 10.9. The van der Waals surface area contributed by atoms with Gasteiger partial charge in [-0.15, -0.1) is 0 Å². The number of para-hydroxylation sites is 1. The maximum absolute atomic E-state index is 11.7. The number of carbonyl (C=O) groups is 1. The molecule has 1 aromatic rings. The van der Waals surface area contributed by atoms with Crippen LogP contribution in [0.5, 0.6) is 5.75 Å². The van der Waals surface area contributed by atoms with Crippen LogP contribution in [0.25, 0.3) is 0 Å². The molecule has 0 aliphatic heterocycles. The first-order valence-corrected chi connectivity index (χ1v) is 8.08. The summed E-state index contributed by atoms with van der Waals surface area (Å²) >= 11 is 0. The quantitative estimate of drug-likeness (QED) is 0.657. The Morgan fingerprint density at radius 1 is 1.09 bits per heavy atom. The van der Waals surface area contributed by atoms with E-state index in [9.17, 15) is 4.79 Å². The van der Waals surface area contributed by atoms with Crippen molar-refractivity contribution in [2.75, 3.05) is 6.61 Å². The third-order valence-electron chi connectivity index (χ3n) is 3.81. The first kappa shape index (κ1) is 24.4. The molecule has 3 saturated carbocycles. The Kier molecular flexibility index (Phi) is 11.5. The van der Waals surface area contributed by atoms with Crippen molar-refractivity contribution < 1.29 is 30.6 Å². The fourth-order valence-corrected chi connectivity index (χ4v) is 3.43. The number of hydrogen-bond donors (Lipinski definition) is 1. The van der Waals surface area contributed by atoms with E-state index in [1.165, 1.54) is 0 Å². The molecule has 23 heavy (non-hydrogen) atoms. The predicted octanol–water partition coefficient (Wildman–Crippen LogP) is 4.81. The number of carbonyl (C=O) groups excluding carboxylic acids is 1. The van der Waals surface area contributed by atoms with Crippen LogP contribution >= 0.6 is 0 Å². The molecule has 2 bridgehead atoms. The van der Waals surface area contributed by atoms with Crippen molar-refractivity contribution in [3.8, 4) is 5.75 Å². The van der Waals surface area contributed by atoms with Gasteiger partial charge in [0.1, 0.15) is 5.75 Å². The van der Waals surface area contributed by atoms with Gasteiger partial charge in [-0.3, -0.25) is 4.79 Å². The van der Waals surface area contributed by atoms with Crippen molar-refractivity contribution in [2.24, 2.45) is 5.41 Å². The summed E-state index contributed by atoms with van der Waals surface area (Å²) < 4.78 is 5.41.